The van der Waals surface area contributed by atoms with Gasteiger partial charge in [0.05, 0.1) is 19.4 Å². The molecular weight excluding hydrogens is 188 g/mol. The lowest BCUT2D eigenvalue weighted by Gasteiger charge is -2.17. The van der Waals surface area contributed by atoms with Gasteiger partial charge < -0.3 is 9.64 Å². The fourth-order valence-corrected chi connectivity index (χ4v) is 1.49. The fourth-order valence-electron chi connectivity index (χ4n) is 1.49. The first-order valence-corrected chi connectivity index (χ1v) is 4.88. The van der Waals surface area contributed by atoms with Crippen LogP contribution in [0.1, 0.15) is 5.56 Å². The van der Waals surface area contributed by atoms with Gasteiger partial charge in [-0.25, -0.2) is 0 Å². The number of aliphatic imine (C=N–C) groups is 1. The third-order valence-corrected chi connectivity index (χ3v) is 2.31. The molecule has 0 fully saturated rings. The number of methoxy groups -OCH3 is 1. The van der Waals surface area contributed by atoms with E-state index < -0.39 is 0 Å². The molecule has 0 aliphatic carbocycles. The van der Waals surface area contributed by atoms with Crippen molar-refractivity contribution in [1.82, 2.24) is 4.90 Å². The number of ether oxygens (including phenoxy) is 1. The van der Waals surface area contributed by atoms with Gasteiger partial charge >= 0.3 is 0 Å². The molecule has 78 valence electrons. The van der Waals surface area contributed by atoms with Gasteiger partial charge in [-0.1, -0.05) is 12.1 Å². The molecular formula is C12H14N2O. The van der Waals surface area contributed by atoms with Crippen LogP contribution in [0.15, 0.2) is 35.5 Å². The lowest BCUT2D eigenvalue weighted by atomic mass is 10.1. The Balaban J connectivity index is 2.32. The second kappa shape index (κ2) is 4.17. The minimum Gasteiger partial charge on any atom is -0.497 e. The van der Waals surface area contributed by atoms with Crippen molar-refractivity contribution in [2.45, 2.75) is 0 Å². The van der Waals surface area contributed by atoms with Crippen molar-refractivity contribution in [2.75, 3.05) is 20.7 Å². The molecule has 3 nitrogen and oxygen atoms in total. The second-order valence-corrected chi connectivity index (χ2v) is 3.50. The molecule has 0 saturated heterocycles. The predicted octanol–water partition coefficient (Wildman–Crippen LogP) is 2.01. The Morgan fingerprint density at radius 1 is 1.40 bits per heavy atom. The molecule has 0 unspecified atom stereocenters. The normalized spacial score (nSPS) is 15.1. The molecule has 1 aliphatic heterocycles. The van der Waals surface area contributed by atoms with Crippen LogP contribution in [-0.4, -0.2) is 31.8 Å². The van der Waals surface area contributed by atoms with E-state index in [4.69, 9.17) is 4.74 Å². The summed E-state index contributed by atoms with van der Waals surface area (Å²) in [4.78, 5) is 6.46. The summed E-state index contributed by atoms with van der Waals surface area (Å²) in [6.45, 7) is 0.869. The van der Waals surface area contributed by atoms with Crippen molar-refractivity contribution in [3.8, 4) is 5.75 Å². The first kappa shape index (κ1) is 9.77. The van der Waals surface area contributed by atoms with Gasteiger partial charge in [0.1, 0.15) is 5.75 Å². The van der Waals surface area contributed by atoms with Crippen LogP contribution in [0.3, 0.4) is 0 Å². The van der Waals surface area contributed by atoms with Crippen molar-refractivity contribution in [2.24, 2.45) is 4.99 Å². The standard InChI is InChI=1S/C12H14N2O/c1-14-7-6-13-12(9-14)10-4-3-5-11(8-10)15-2/h3-6,8-9H,7H2,1-2H3. The highest BCUT2D eigenvalue weighted by Crippen LogP contribution is 2.22. The van der Waals surface area contributed by atoms with Crippen LogP contribution in [0.25, 0.3) is 5.70 Å². The Morgan fingerprint density at radius 2 is 2.27 bits per heavy atom. The third-order valence-electron chi connectivity index (χ3n) is 2.31. The van der Waals surface area contributed by atoms with Crippen LogP contribution in [0.2, 0.25) is 0 Å². The van der Waals surface area contributed by atoms with E-state index in [1.54, 1.807) is 7.11 Å². The monoisotopic (exact) mass is 202 g/mol. The van der Waals surface area contributed by atoms with Crippen LogP contribution >= 0.6 is 0 Å². The van der Waals surface area contributed by atoms with Crippen molar-refractivity contribution >= 4 is 11.9 Å². The molecule has 0 amide bonds. The molecule has 1 heterocycles. The summed E-state index contributed by atoms with van der Waals surface area (Å²) in [7, 11) is 3.70. The Labute approximate surface area is 89.7 Å². The summed E-state index contributed by atoms with van der Waals surface area (Å²) in [6, 6.07) is 7.92. The maximum atomic E-state index is 5.18. The average molecular weight is 202 g/mol. The molecule has 1 aromatic rings. The summed E-state index contributed by atoms with van der Waals surface area (Å²) in [5.74, 6) is 0.858. The van der Waals surface area contributed by atoms with Crippen LogP contribution in [0.4, 0.5) is 0 Å². The molecule has 0 radical (unpaired) electrons. The zero-order chi connectivity index (χ0) is 10.7. The van der Waals surface area contributed by atoms with Crippen LogP contribution in [-0.2, 0) is 0 Å². The number of rotatable bonds is 2. The molecule has 0 N–H and O–H groups in total. The summed E-state index contributed by atoms with van der Waals surface area (Å²) < 4.78 is 5.18. The average Bonchev–Trinajstić information content (AvgIpc) is 2.29. The first-order chi connectivity index (χ1) is 7.29. The molecule has 1 aromatic carbocycles. The minimum absolute atomic E-state index is 0.858. The Bertz CT molecular complexity index is 410. The maximum absolute atomic E-state index is 5.18. The largest absolute Gasteiger partial charge is 0.497 e. The molecule has 0 saturated carbocycles. The van der Waals surface area contributed by atoms with E-state index >= 15 is 0 Å². The lowest BCUT2D eigenvalue weighted by Crippen LogP contribution is -2.17. The van der Waals surface area contributed by atoms with Crippen molar-refractivity contribution < 1.29 is 4.74 Å². The number of benzene rings is 1. The summed E-state index contributed by atoms with van der Waals surface area (Å²) >= 11 is 0. The van der Waals surface area contributed by atoms with E-state index in [0.717, 1.165) is 23.6 Å². The van der Waals surface area contributed by atoms with Gasteiger partial charge in [0.2, 0.25) is 0 Å². The number of hydrogen-bond donors (Lipinski definition) is 0. The van der Waals surface area contributed by atoms with Gasteiger partial charge in [0.15, 0.2) is 0 Å². The van der Waals surface area contributed by atoms with Gasteiger partial charge in [-0.2, -0.15) is 0 Å². The smallest absolute Gasteiger partial charge is 0.119 e. The predicted molar refractivity (Wildman–Crippen MR) is 62.1 cm³/mol. The first-order valence-electron chi connectivity index (χ1n) is 4.88. The minimum atomic E-state index is 0.858. The van der Waals surface area contributed by atoms with Crippen LogP contribution < -0.4 is 4.74 Å². The SMILES string of the molecule is COc1cccc(C2=CN(C)CC=N2)c1. The van der Waals surface area contributed by atoms with E-state index in [0.29, 0.717) is 0 Å². The zero-order valence-electron chi connectivity index (χ0n) is 8.97. The quantitative estimate of drug-likeness (QED) is 0.732. The Hall–Kier alpha value is -1.77. The Kier molecular flexibility index (Phi) is 2.72. The molecule has 3 heteroatoms. The van der Waals surface area contributed by atoms with E-state index in [9.17, 15) is 0 Å². The maximum Gasteiger partial charge on any atom is 0.119 e. The van der Waals surface area contributed by atoms with Crippen molar-refractivity contribution in [3.05, 3.63) is 36.0 Å². The molecule has 15 heavy (non-hydrogen) atoms. The lowest BCUT2D eigenvalue weighted by molar-refractivity contribution is 0.414. The van der Waals surface area contributed by atoms with E-state index in [-0.39, 0.29) is 0 Å². The summed E-state index contributed by atoms with van der Waals surface area (Å²) in [5.41, 5.74) is 2.06. The molecule has 2 rings (SSSR count). The number of hydrogen-bond acceptors (Lipinski definition) is 3. The van der Waals surface area contributed by atoms with Crippen molar-refractivity contribution in [1.29, 1.82) is 0 Å². The molecule has 0 atom stereocenters. The van der Waals surface area contributed by atoms with Gasteiger partial charge in [0, 0.05) is 25.0 Å². The van der Waals surface area contributed by atoms with E-state index in [2.05, 4.69) is 9.89 Å². The Morgan fingerprint density at radius 3 is 3.00 bits per heavy atom. The third kappa shape index (κ3) is 2.18. The van der Waals surface area contributed by atoms with Gasteiger partial charge in [0.25, 0.3) is 0 Å². The van der Waals surface area contributed by atoms with E-state index in [1.165, 1.54) is 0 Å². The topological polar surface area (TPSA) is 24.8 Å². The molecule has 0 bridgehead atoms. The van der Waals surface area contributed by atoms with Gasteiger partial charge in [-0.15, -0.1) is 0 Å². The van der Waals surface area contributed by atoms with Gasteiger partial charge in [-0.05, 0) is 12.1 Å². The van der Waals surface area contributed by atoms with Crippen LogP contribution in [0, 0.1) is 0 Å². The molecule has 0 aromatic heterocycles. The highest BCUT2D eigenvalue weighted by atomic mass is 16.5. The zero-order valence-corrected chi connectivity index (χ0v) is 8.97. The van der Waals surface area contributed by atoms with Crippen molar-refractivity contribution in [3.63, 3.8) is 0 Å². The highest BCUT2D eigenvalue weighted by molar-refractivity contribution is 5.77. The second-order valence-electron chi connectivity index (χ2n) is 3.50. The molecule has 1 aliphatic rings. The highest BCUT2D eigenvalue weighted by Gasteiger charge is 2.05. The summed E-state index contributed by atoms with van der Waals surface area (Å²) in [5, 5.41) is 0. The van der Waals surface area contributed by atoms with E-state index in [1.807, 2.05) is 43.7 Å². The summed E-state index contributed by atoms with van der Waals surface area (Å²) in [6.07, 6.45) is 3.95. The van der Waals surface area contributed by atoms with Crippen LogP contribution in [0.5, 0.6) is 5.75 Å². The number of nitrogens with zero attached hydrogens (tertiary/aromatic N) is 2. The molecule has 0 spiro atoms. The fraction of sp³-hybridized carbons (Fsp3) is 0.250. The van der Waals surface area contributed by atoms with Gasteiger partial charge in [-0.3, -0.25) is 4.99 Å².